The van der Waals surface area contributed by atoms with Gasteiger partial charge in [-0.05, 0) is 13.0 Å². The second-order valence-corrected chi connectivity index (χ2v) is 8.04. The van der Waals surface area contributed by atoms with Gasteiger partial charge in [0, 0.05) is 16.3 Å². The van der Waals surface area contributed by atoms with Gasteiger partial charge >= 0.3 is 0 Å². The van der Waals surface area contributed by atoms with E-state index >= 15 is 0 Å². The quantitative estimate of drug-likeness (QED) is 0.387. The van der Waals surface area contributed by atoms with Gasteiger partial charge in [-0.25, -0.2) is 15.0 Å². The molecular weight excluding hydrogens is 376 g/mol. The smallest absolute Gasteiger partial charge is 0.239 e. The lowest BCUT2D eigenvalue weighted by Crippen LogP contribution is -2.22. The number of rotatable bonds is 5. The standard InChI is InChI=1S/C20H16N4OS2/c1-13(27-19-15-9-5-6-10-16(15)21-12-22-19)18(25)24-20-23-17(11-26-20)14-7-3-2-4-8-14/h2-13H,1H3,(H,23,24,25). The van der Waals surface area contributed by atoms with Gasteiger partial charge in [-0.2, -0.15) is 0 Å². The molecule has 7 heteroatoms. The number of nitrogens with one attached hydrogen (secondary N) is 1. The second-order valence-electron chi connectivity index (χ2n) is 5.85. The van der Waals surface area contributed by atoms with Gasteiger partial charge in [0.1, 0.15) is 11.4 Å². The summed E-state index contributed by atoms with van der Waals surface area (Å²) in [6.45, 7) is 1.86. The Morgan fingerprint density at radius 1 is 1.07 bits per heavy atom. The molecule has 0 radical (unpaired) electrons. The largest absolute Gasteiger partial charge is 0.301 e. The highest BCUT2D eigenvalue weighted by molar-refractivity contribution is 8.00. The van der Waals surface area contributed by atoms with Crippen molar-refractivity contribution in [3.05, 3.63) is 66.3 Å². The molecule has 4 rings (SSSR count). The van der Waals surface area contributed by atoms with E-state index in [0.29, 0.717) is 5.13 Å². The third kappa shape index (κ3) is 3.99. The van der Waals surface area contributed by atoms with E-state index in [0.717, 1.165) is 27.2 Å². The van der Waals surface area contributed by atoms with Gasteiger partial charge in [-0.1, -0.05) is 60.3 Å². The minimum Gasteiger partial charge on any atom is -0.301 e. The van der Waals surface area contributed by atoms with E-state index in [1.54, 1.807) is 0 Å². The molecular formula is C20H16N4OS2. The number of amides is 1. The molecule has 0 spiro atoms. The Morgan fingerprint density at radius 3 is 2.70 bits per heavy atom. The summed E-state index contributed by atoms with van der Waals surface area (Å²) in [7, 11) is 0. The number of hydrogen-bond donors (Lipinski definition) is 1. The minimum absolute atomic E-state index is 0.100. The van der Waals surface area contributed by atoms with Crippen molar-refractivity contribution in [3.8, 4) is 11.3 Å². The van der Waals surface area contributed by atoms with Crippen LogP contribution in [0.4, 0.5) is 5.13 Å². The molecule has 0 saturated heterocycles. The molecule has 2 aromatic heterocycles. The topological polar surface area (TPSA) is 67.8 Å². The van der Waals surface area contributed by atoms with Crippen LogP contribution in [-0.2, 0) is 4.79 Å². The van der Waals surface area contributed by atoms with E-state index in [-0.39, 0.29) is 11.2 Å². The summed E-state index contributed by atoms with van der Waals surface area (Å²) in [6, 6.07) is 17.7. The summed E-state index contributed by atoms with van der Waals surface area (Å²) in [5.41, 5.74) is 2.76. The van der Waals surface area contributed by atoms with Gasteiger partial charge in [0.2, 0.25) is 5.91 Å². The maximum Gasteiger partial charge on any atom is 0.239 e. The van der Waals surface area contributed by atoms with E-state index in [1.165, 1.54) is 29.4 Å². The van der Waals surface area contributed by atoms with Gasteiger partial charge in [0.25, 0.3) is 0 Å². The van der Waals surface area contributed by atoms with Crippen LogP contribution in [0.15, 0.2) is 71.3 Å². The van der Waals surface area contributed by atoms with Crippen molar-refractivity contribution in [1.82, 2.24) is 15.0 Å². The van der Waals surface area contributed by atoms with E-state index in [2.05, 4.69) is 20.3 Å². The van der Waals surface area contributed by atoms with E-state index < -0.39 is 0 Å². The third-order valence-corrected chi connectivity index (χ3v) is 5.84. The van der Waals surface area contributed by atoms with E-state index in [4.69, 9.17) is 0 Å². The van der Waals surface area contributed by atoms with Crippen LogP contribution in [-0.4, -0.2) is 26.1 Å². The summed E-state index contributed by atoms with van der Waals surface area (Å²) >= 11 is 2.84. The average Bonchev–Trinajstić information content (AvgIpc) is 3.17. The maximum atomic E-state index is 12.6. The predicted octanol–water partition coefficient (Wildman–Crippen LogP) is 4.87. The fourth-order valence-electron chi connectivity index (χ4n) is 2.57. The summed E-state index contributed by atoms with van der Waals surface area (Å²) in [5.74, 6) is -0.100. The fraction of sp³-hybridized carbons (Fsp3) is 0.100. The van der Waals surface area contributed by atoms with Gasteiger partial charge in [-0.3, -0.25) is 4.79 Å². The van der Waals surface area contributed by atoms with Crippen LogP contribution in [0, 0.1) is 0 Å². The van der Waals surface area contributed by atoms with Crippen molar-refractivity contribution >= 4 is 45.0 Å². The molecule has 0 bridgehead atoms. The Balaban J connectivity index is 1.46. The summed E-state index contributed by atoms with van der Waals surface area (Å²) in [5, 5.41) is 6.88. The lowest BCUT2D eigenvalue weighted by Gasteiger charge is -2.11. The molecule has 2 heterocycles. The van der Waals surface area contributed by atoms with Crippen LogP contribution in [0.1, 0.15) is 6.92 Å². The Morgan fingerprint density at radius 2 is 1.85 bits per heavy atom. The number of carbonyl (C=O) groups is 1. The second kappa shape index (κ2) is 7.85. The monoisotopic (exact) mass is 392 g/mol. The molecule has 1 unspecified atom stereocenters. The first kappa shape index (κ1) is 17.6. The van der Waals surface area contributed by atoms with Crippen molar-refractivity contribution in [2.24, 2.45) is 0 Å². The molecule has 134 valence electrons. The molecule has 0 aliphatic rings. The van der Waals surface area contributed by atoms with Crippen molar-refractivity contribution in [1.29, 1.82) is 0 Å². The van der Waals surface area contributed by atoms with E-state index in [9.17, 15) is 4.79 Å². The SMILES string of the molecule is CC(Sc1ncnc2ccccc12)C(=O)Nc1nc(-c2ccccc2)cs1. The molecule has 1 N–H and O–H groups in total. The number of benzene rings is 2. The molecule has 2 aromatic carbocycles. The zero-order valence-electron chi connectivity index (χ0n) is 14.5. The molecule has 27 heavy (non-hydrogen) atoms. The number of nitrogens with zero attached hydrogens (tertiary/aromatic N) is 3. The van der Waals surface area contributed by atoms with Crippen molar-refractivity contribution < 1.29 is 4.79 Å². The minimum atomic E-state index is -0.313. The predicted molar refractivity (Wildman–Crippen MR) is 111 cm³/mol. The number of hydrogen-bond acceptors (Lipinski definition) is 6. The van der Waals surface area contributed by atoms with Crippen molar-refractivity contribution in [2.75, 3.05) is 5.32 Å². The fourth-order valence-corrected chi connectivity index (χ4v) is 4.21. The number of thioether (sulfide) groups is 1. The molecule has 1 atom stereocenters. The van der Waals surface area contributed by atoms with Crippen LogP contribution in [0.2, 0.25) is 0 Å². The molecule has 0 aliphatic carbocycles. The first-order valence-electron chi connectivity index (χ1n) is 8.39. The molecule has 0 aliphatic heterocycles. The Hall–Kier alpha value is -2.77. The van der Waals surface area contributed by atoms with Crippen LogP contribution >= 0.6 is 23.1 Å². The number of para-hydroxylation sites is 1. The van der Waals surface area contributed by atoms with Crippen LogP contribution in [0.3, 0.4) is 0 Å². The first-order chi connectivity index (χ1) is 13.2. The van der Waals surface area contributed by atoms with Crippen LogP contribution in [0.5, 0.6) is 0 Å². The average molecular weight is 393 g/mol. The number of thiazole rings is 1. The highest BCUT2D eigenvalue weighted by Crippen LogP contribution is 2.29. The van der Waals surface area contributed by atoms with Gasteiger partial charge in [-0.15, -0.1) is 11.3 Å². The summed E-state index contributed by atoms with van der Waals surface area (Å²) in [6.07, 6.45) is 1.53. The highest BCUT2D eigenvalue weighted by atomic mass is 32.2. The number of fused-ring (bicyclic) bond motifs is 1. The summed E-state index contributed by atoms with van der Waals surface area (Å²) < 4.78 is 0. The summed E-state index contributed by atoms with van der Waals surface area (Å²) in [4.78, 5) is 25.7. The lowest BCUT2D eigenvalue weighted by atomic mass is 10.2. The zero-order valence-corrected chi connectivity index (χ0v) is 16.1. The number of carbonyl (C=O) groups excluding carboxylic acids is 1. The molecule has 5 nitrogen and oxygen atoms in total. The zero-order chi connectivity index (χ0) is 18.6. The lowest BCUT2D eigenvalue weighted by molar-refractivity contribution is -0.115. The molecule has 0 fully saturated rings. The Labute approximate surface area is 164 Å². The Kier molecular flexibility index (Phi) is 5.13. The highest BCUT2D eigenvalue weighted by Gasteiger charge is 2.18. The third-order valence-electron chi connectivity index (χ3n) is 3.97. The first-order valence-corrected chi connectivity index (χ1v) is 10.1. The van der Waals surface area contributed by atoms with Crippen LogP contribution < -0.4 is 5.32 Å². The molecule has 4 aromatic rings. The van der Waals surface area contributed by atoms with Crippen molar-refractivity contribution in [3.63, 3.8) is 0 Å². The van der Waals surface area contributed by atoms with E-state index in [1.807, 2.05) is 66.9 Å². The molecule has 0 saturated carbocycles. The van der Waals surface area contributed by atoms with Gasteiger partial charge in [0.05, 0.1) is 16.5 Å². The van der Waals surface area contributed by atoms with Crippen molar-refractivity contribution in [2.45, 2.75) is 17.2 Å². The van der Waals surface area contributed by atoms with Gasteiger partial charge in [0.15, 0.2) is 5.13 Å². The number of anilines is 1. The van der Waals surface area contributed by atoms with Crippen LogP contribution in [0.25, 0.3) is 22.2 Å². The molecule has 1 amide bonds. The Bertz CT molecular complexity index is 1080. The van der Waals surface area contributed by atoms with Gasteiger partial charge < -0.3 is 5.32 Å². The normalized spacial score (nSPS) is 12.0. The maximum absolute atomic E-state index is 12.6. The number of aromatic nitrogens is 3.